The summed E-state index contributed by atoms with van der Waals surface area (Å²) < 4.78 is 6.85. The van der Waals surface area contributed by atoms with Gasteiger partial charge in [0.1, 0.15) is 5.76 Å². The lowest BCUT2D eigenvalue weighted by atomic mass is 10.2. The van der Waals surface area contributed by atoms with Gasteiger partial charge in [-0.1, -0.05) is 0 Å². The first kappa shape index (κ1) is 12.4. The number of nitrogens with zero attached hydrogens (tertiary/aromatic N) is 3. The first-order valence-corrected chi connectivity index (χ1v) is 6.28. The van der Waals surface area contributed by atoms with Gasteiger partial charge in [0, 0.05) is 12.3 Å². The fourth-order valence-corrected chi connectivity index (χ4v) is 2.06. The van der Waals surface area contributed by atoms with Gasteiger partial charge in [0.2, 0.25) is 0 Å². The summed E-state index contributed by atoms with van der Waals surface area (Å²) in [5, 5.41) is 7.12. The van der Waals surface area contributed by atoms with Gasteiger partial charge in [-0.25, -0.2) is 9.50 Å². The molecular weight excluding hydrogens is 256 g/mol. The maximum atomic E-state index is 12.2. The summed E-state index contributed by atoms with van der Waals surface area (Å²) in [4.78, 5) is 16.4. The van der Waals surface area contributed by atoms with Gasteiger partial charge in [-0.05, 0) is 26.0 Å². The van der Waals surface area contributed by atoms with E-state index in [1.165, 1.54) is 0 Å². The molecule has 0 fully saturated rings. The number of hydrogen-bond donors (Lipinski definition) is 1. The molecule has 102 valence electrons. The predicted octanol–water partition coefficient (Wildman–Crippen LogP) is 1.87. The molecule has 1 amide bonds. The van der Waals surface area contributed by atoms with E-state index in [-0.39, 0.29) is 5.91 Å². The zero-order valence-electron chi connectivity index (χ0n) is 11.3. The Kier molecular flexibility index (Phi) is 2.98. The molecule has 0 aliphatic rings. The van der Waals surface area contributed by atoms with E-state index in [4.69, 9.17) is 4.42 Å². The first-order valence-electron chi connectivity index (χ1n) is 6.28. The number of hydrogen-bond acceptors (Lipinski definition) is 4. The minimum Gasteiger partial charge on any atom is -0.467 e. The molecule has 0 aromatic carbocycles. The van der Waals surface area contributed by atoms with Crippen LogP contribution in [-0.4, -0.2) is 20.5 Å². The van der Waals surface area contributed by atoms with Crippen molar-refractivity contribution >= 4 is 11.6 Å². The van der Waals surface area contributed by atoms with Crippen molar-refractivity contribution in [2.24, 2.45) is 0 Å². The van der Waals surface area contributed by atoms with Gasteiger partial charge in [0.15, 0.2) is 5.65 Å². The van der Waals surface area contributed by atoms with Crippen LogP contribution in [0.4, 0.5) is 0 Å². The van der Waals surface area contributed by atoms with Crippen LogP contribution in [0.15, 0.2) is 35.1 Å². The number of furan rings is 1. The molecular formula is C14H14N4O2. The fourth-order valence-electron chi connectivity index (χ4n) is 2.06. The summed E-state index contributed by atoms with van der Waals surface area (Å²) in [6, 6.07) is 5.47. The number of carbonyl (C=O) groups excluding carboxylic acids is 1. The molecule has 3 rings (SSSR count). The molecule has 0 saturated carbocycles. The lowest BCUT2D eigenvalue weighted by molar-refractivity contribution is 0.0946. The number of aryl methyl sites for hydroxylation is 2. The van der Waals surface area contributed by atoms with Crippen LogP contribution in [0.5, 0.6) is 0 Å². The van der Waals surface area contributed by atoms with Crippen molar-refractivity contribution in [3.63, 3.8) is 0 Å². The molecule has 0 unspecified atom stereocenters. The van der Waals surface area contributed by atoms with Crippen molar-refractivity contribution in [3.8, 4) is 0 Å². The first-order chi connectivity index (χ1) is 9.65. The minimum absolute atomic E-state index is 0.193. The van der Waals surface area contributed by atoms with Gasteiger partial charge in [0.05, 0.1) is 29.8 Å². The van der Waals surface area contributed by atoms with Crippen molar-refractivity contribution in [1.82, 2.24) is 19.9 Å². The highest BCUT2D eigenvalue weighted by atomic mass is 16.3. The van der Waals surface area contributed by atoms with Gasteiger partial charge >= 0.3 is 0 Å². The van der Waals surface area contributed by atoms with Gasteiger partial charge in [0.25, 0.3) is 5.91 Å². The molecule has 6 nitrogen and oxygen atoms in total. The van der Waals surface area contributed by atoms with E-state index in [1.54, 1.807) is 23.0 Å². The lowest BCUT2D eigenvalue weighted by Gasteiger charge is -2.07. The van der Waals surface area contributed by atoms with Gasteiger partial charge < -0.3 is 9.73 Å². The van der Waals surface area contributed by atoms with Crippen molar-refractivity contribution in [2.75, 3.05) is 0 Å². The second-order valence-electron chi connectivity index (χ2n) is 4.58. The highest BCUT2D eigenvalue weighted by Gasteiger charge is 2.13. The molecule has 3 aromatic heterocycles. The van der Waals surface area contributed by atoms with Crippen LogP contribution in [0.1, 0.15) is 27.5 Å². The van der Waals surface area contributed by atoms with E-state index in [9.17, 15) is 4.79 Å². The molecule has 1 N–H and O–H groups in total. The Morgan fingerprint density at radius 3 is 3.05 bits per heavy atom. The second kappa shape index (κ2) is 4.80. The molecule has 0 radical (unpaired) electrons. The van der Waals surface area contributed by atoms with Crippen LogP contribution in [0.3, 0.4) is 0 Å². The number of aromatic nitrogens is 3. The third-order valence-electron chi connectivity index (χ3n) is 3.09. The zero-order chi connectivity index (χ0) is 14.1. The standard InChI is InChI=1S/C14H14N4O2/c1-9-6-13-15-8-12(10(2)18(13)17-9)14(19)16-7-11-4-3-5-20-11/h3-6,8H,7H2,1-2H3,(H,16,19). The lowest BCUT2D eigenvalue weighted by Crippen LogP contribution is -2.24. The number of rotatable bonds is 3. The van der Waals surface area contributed by atoms with E-state index < -0.39 is 0 Å². The van der Waals surface area contributed by atoms with Crippen LogP contribution < -0.4 is 5.32 Å². The molecule has 0 aliphatic heterocycles. The maximum absolute atomic E-state index is 12.2. The topological polar surface area (TPSA) is 72.4 Å². The Morgan fingerprint density at radius 2 is 2.30 bits per heavy atom. The third-order valence-corrected chi connectivity index (χ3v) is 3.09. The zero-order valence-corrected chi connectivity index (χ0v) is 11.3. The van der Waals surface area contributed by atoms with E-state index in [2.05, 4.69) is 15.4 Å². The quantitative estimate of drug-likeness (QED) is 0.788. The molecule has 0 bridgehead atoms. The van der Waals surface area contributed by atoms with Crippen molar-refractivity contribution in [3.05, 3.63) is 53.4 Å². The predicted molar refractivity (Wildman–Crippen MR) is 72.3 cm³/mol. The van der Waals surface area contributed by atoms with Crippen LogP contribution in [0.25, 0.3) is 5.65 Å². The highest BCUT2D eigenvalue weighted by molar-refractivity contribution is 5.95. The normalized spacial score (nSPS) is 10.9. The van der Waals surface area contributed by atoms with Crippen molar-refractivity contribution in [2.45, 2.75) is 20.4 Å². The molecule has 3 heterocycles. The van der Waals surface area contributed by atoms with Gasteiger partial charge in [-0.3, -0.25) is 4.79 Å². The molecule has 6 heteroatoms. The Bertz CT molecular complexity index is 759. The number of amides is 1. The monoisotopic (exact) mass is 270 g/mol. The molecule has 0 atom stereocenters. The number of carbonyl (C=O) groups is 1. The summed E-state index contributed by atoms with van der Waals surface area (Å²) in [5.74, 6) is 0.515. The Labute approximate surface area is 115 Å². The van der Waals surface area contributed by atoms with E-state index >= 15 is 0 Å². The van der Waals surface area contributed by atoms with E-state index in [0.717, 1.165) is 17.0 Å². The average molecular weight is 270 g/mol. The SMILES string of the molecule is Cc1cc2ncc(C(=O)NCc3ccco3)c(C)n2n1. The van der Waals surface area contributed by atoms with E-state index in [0.29, 0.717) is 17.9 Å². The molecule has 0 spiro atoms. The largest absolute Gasteiger partial charge is 0.467 e. The molecule has 3 aromatic rings. The average Bonchev–Trinajstić information content (AvgIpc) is 3.05. The van der Waals surface area contributed by atoms with Crippen LogP contribution in [0.2, 0.25) is 0 Å². The van der Waals surface area contributed by atoms with Crippen LogP contribution >= 0.6 is 0 Å². The Balaban J connectivity index is 1.85. The summed E-state index contributed by atoms with van der Waals surface area (Å²) in [5.41, 5.74) is 2.88. The van der Waals surface area contributed by atoms with E-state index in [1.807, 2.05) is 26.0 Å². The minimum atomic E-state index is -0.193. The summed E-state index contributed by atoms with van der Waals surface area (Å²) in [7, 11) is 0. The number of nitrogens with one attached hydrogen (secondary N) is 1. The smallest absolute Gasteiger partial charge is 0.255 e. The van der Waals surface area contributed by atoms with Crippen molar-refractivity contribution < 1.29 is 9.21 Å². The Morgan fingerprint density at radius 1 is 1.45 bits per heavy atom. The molecule has 0 saturated heterocycles. The Hall–Kier alpha value is -2.63. The van der Waals surface area contributed by atoms with Gasteiger partial charge in [-0.15, -0.1) is 0 Å². The summed E-state index contributed by atoms with van der Waals surface area (Å²) in [6.07, 6.45) is 3.15. The summed E-state index contributed by atoms with van der Waals surface area (Å²) >= 11 is 0. The molecule has 0 aliphatic carbocycles. The van der Waals surface area contributed by atoms with Crippen LogP contribution in [0, 0.1) is 13.8 Å². The van der Waals surface area contributed by atoms with Crippen LogP contribution in [-0.2, 0) is 6.54 Å². The van der Waals surface area contributed by atoms with Gasteiger partial charge in [-0.2, -0.15) is 5.10 Å². The summed E-state index contributed by atoms with van der Waals surface area (Å²) in [6.45, 7) is 4.09. The second-order valence-corrected chi connectivity index (χ2v) is 4.58. The maximum Gasteiger partial charge on any atom is 0.255 e. The third kappa shape index (κ3) is 2.16. The molecule has 20 heavy (non-hydrogen) atoms. The number of fused-ring (bicyclic) bond motifs is 1. The highest BCUT2D eigenvalue weighted by Crippen LogP contribution is 2.11. The fraction of sp³-hybridized carbons (Fsp3) is 0.214. The van der Waals surface area contributed by atoms with Crippen molar-refractivity contribution in [1.29, 1.82) is 0 Å².